The van der Waals surface area contributed by atoms with Crippen molar-refractivity contribution >= 4 is 29.0 Å². The van der Waals surface area contributed by atoms with Gasteiger partial charge in [-0.2, -0.15) is 0 Å². The Balaban J connectivity index is 2.05. The smallest absolute Gasteiger partial charge is 0.162 e. The van der Waals surface area contributed by atoms with Crippen LogP contribution in [-0.2, 0) is 4.74 Å². The number of aliphatic hydroxyl groups is 1. The van der Waals surface area contributed by atoms with Crippen molar-refractivity contribution in [1.82, 2.24) is 0 Å². The van der Waals surface area contributed by atoms with Gasteiger partial charge in [0.15, 0.2) is 5.78 Å². The lowest BCUT2D eigenvalue weighted by Crippen LogP contribution is -2.34. The molecule has 1 aliphatic rings. The van der Waals surface area contributed by atoms with E-state index >= 15 is 0 Å². The van der Waals surface area contributed by atoms with Gasteiger partial charge >= 0.3 is 0 Å². The summed E-state index contributed by atoms with van der Waals surface area (Å²) in [7, 11) is 1.59. The molecule has 1 aromatic rings. The predicted octanol–water partition coefficient (Wildman–Crippen LogP) is 3.26. The van der Waals surface area contributed by atoms with Crippen LogP contribution in [-0.4, -0.2) is 41.5 Å². The number of halogens is 2. The summed E-state index contributed by atoms with van der Waals surface area (Å²) in [4.78, 5) is 12.2. The molecule has 21 heavy (non-hydrogen) atoms. The number of rotatable bonds is 6. The van der Waals surface area contributed by atoms with Crippen LogP contribution < -0.4 is 0 Å². The van der Waals surface area contributed by atoms with Crippen molar-refractivity contribution in [2.75, 3.05) is 13.7 Å². The fourth-order valence-electron chi connectivity index (χ4n) is 2.97. The first-order valence-electron chi connectivity index (χ1n) is 7.04. The SMILES string of the molecule is COC1CC(CO)(CCC(=O)c2ccccc2)C(Cl)C1Cl. The molecule has 1 aromatic carbocycles. The first-order chi connectivity index (χ1) is 10.0. The second-order valence-corrected chi connectivity index (χ2v) is 6.61. The highest BCUT2D eigenvalue weighted by Gasteiger charge is 2.52. The van der Waals surface area contributed by atoms with Gasteiger partial charge in [-0.3, -0.25) is 4.79 Å². The number of hydrogen-bond acceptors (Lipinski definition) is 3. The summed E-state index contributed by atoms with van der Waals surface area (Å²) in [5.74, 6) is 0.0549. The van der Waals surface area contributed by atoms with Crippen molar-refractivity contribution < 1.29 is 14.6 Å². The van der Waals surface area contributed by atoms with E-state index in [2.05, 4.69) is 0 Å². The lowest BCUT2D eigenvalue weighted by atomic mass is 9.80. The number of Topliss-reactive ketones (excluding diaryl/α,β-unsaturated/α-hetero) is 1. The summed E-state index contributed by atoms with van der Waals surface area (Å²) in [5, 5.41) is 9.04. The number of ketones is 1. The number of ether oxygens (including phenoxy) is 1. The average molecular weight is 331 g/mol. The van der Waals surface area contributed by atoms with Crippen LogP contribution >= 0.6 is 23.2 Å². The molecule has 0 aromatic heterocycles. The van der Waals surface area contributed by atoms with E-state index in [1.807, 2.05) is 18.2 Å². The highest BCUT2D eigenvalue weighted by molar-refractivity contribution is 6.31. The summed E-state index contributed by atoms with van der Waals surface area (Å²) in [6.07, 6.45) is 1.24. The van der Waals surface area contributed by atoms with E-state index in [1.54, 1.807) is 19.2 Å². The Morgan fingerprint density at radius 2 is 2.05 bits per heavy atom. The van der Waals surface area contributed by atoms with Crippen LogP contribution in [0.1, 0.15) is 29.6 Å². The molecule has 4 atom stereocenters. The third-order valence-electron chi connectivity index (χ3n) is 4.39. The molecular formula is C16H20Cl2O3. The molecule has 1 saturated carbocycles. The van der Waals surface area contributed by atoms with Gasteiger partial charge in [0.05, 0.1) is 23.5 Å². The third-order valence-corrected chi connectivity index (χ3v) is 5.79. The highest BCUT2D eigenvalue weighted by atomic mass is 35.5. The van der Waals surface area contributed by atoms with Crippen LogP contribution in [0.2, 0.25) is 0 Å². The maximum Gasteiger partial charge on any atom is 0.162 e. The van der Waals surface area contributed by atoms with Gasteiger partial charge in [-0.25, -0.2) is 0 Å². The Bertz CT molecular complexity index is 480. The summed E-state index contributed by atoms with van der Waals surface area (Å²) in [6, 6.07) is 9.14. The van der Waals surface area contributed by atoms with Gasteiger partial charge in [0.1, 0.15) is 0 Å². The summed E-state index contributed by atoms with van der Waals surface area (Å²) >= 11 is 12.7. The molecule has 1 aliphatic carbocycles. The van der Waals surface area contributed by atoms with Crippen molar-refractivity contribution in [3.8, 4) is 0 Å². The fraction of sp³-hybridized carbons (Fsp3) is 0.562. The number of carbonyl (C=O) groups is 1. The number of hydrogen-bond donors (Lipinski definition) is 1. The van der Waals surface area contributed by atoms with E-state index in [0.717, 1.165) is 0 Å². The maximum atomic E-state index is 12.2. The summed E-state index contributed by atoms with van der Waals surface area (Å²) in [6.45, 7) is -0.0910. The number of methoxy groups -OCH3 is 1. The molecule has 2 rings (SSSR count). The zero-order valence-electron chi connectivity index (χ0n) is 12.0. The summed E-state index contributed by atoms with van der Waals surface area (Å²) in [5.41, 5.74) is 0.124. The Kier molecular flexibility index (Phi) is 5.67. The number of aliphatic hydroxyl groups excluding tert-OH is 1. The van der Waals surface area contributed by atoms with E-state index < -0.39 is 10.8 Å². The minimum absolute atomic E-state index is 0.0549. The third kappa shape index (κ3) is 3.42. The van der Waals surface area contributed by atoms with Gasteiger partial charge < -0.3 is 9.84 Å². The molecule has 0 amide bonds. The monoisotopic (exact) mass is 330 g/mol. The molecule has 3 nitrogen and oxygen atoms in total. The van der Waals surface area contributed by atoms with E-state index in [4.69, 9.17) is 27.9 Å². The van der Waals surface area contributed by atoms with Crippen LogP contribution in [0.3, 0.4) is 0 Å². The van der Waals surface area contributed by atoms with Crippen LogP contribution in [0.4, 0.5) is 0 Å². The van der Waals surface area contributed by atoms with Crippen LogP contribution in [0.25, 0.3) is 0 Å². The van der Waals surface area contributed by atoms with Gasteiger partial charge in [0.2, 0.25) is 0 Å². The van der Waals surface area contributed by atoms with Gasteiger partial charge in [0.25, 0.3) is 0 Å². The summed E-state index contributed by atoms with van der Waals surface area (Å²) < 4.78 is 5.33. The Morgan fingerprint density at radius 1 is 1.38 bits per heavy atom. The van der Waals surface area contributed by atoms with E-state index in [-0.39, 0.29) is 23.9 Å². The number of carbonyl (C=O) groups excluding carboxylic acids is 1. The fourth-order valence-corrected chi connectivity index (χ4v) is 3.86. The van der Waals surface area contributed by atoms with E-state index in [1.165, 1.54) is 0 Å². The van der Waals surface area contributed by atoms with Gasteiger partial charge in [0, 0.05) is 24.5 Å². The molecule has 4 unspecified atom stereocenters. The zero-order valence-corrected chi connectivity index (χ0v) is 13.5. The van der Waals surface area contributed by atoms with Crippen molar-refractivity contribution in [3.05, 3.63) is 35.9 Å². The number of benzene rings is 1. The molecule has 0 aliphatic heterocycles. The Morgan fingerprint density at radius 3 is 2.57 bits per heavy atom. The quantitative estimate of drug-likeness (QED) is 0.643. The van der Waals surface area contributed by atoms with Gasteiger partial charge in [-0.15, -0.1) is 23.2 Å². The van der Waals surface area contributed by atoms with E-state index in [0.29, 0.717) is 24.8 Å². The molecule has 0 heterocycles. The lowest BCUT2D eigenvalue weighted by molar-refractivity contribution is 0.0668. The predicted molar refractivity (Wildman–Crippen MR) is 84.2 cm³/mol. The van der Waals surface area contributed by atoms with Gasteiger partial charge in [-0.1, -0.05) is 30.3 Å². The first kappa shape index (κ1) is 16.8. The largest absolute Gasteiger partial charge is 0.396 e. The first-order valence-corrected chi connectivity index (χ1v) is 7.91. The number of alkyl halides is 2. The Labute approximate surface area is 135 Å². The molecule has 5 heteroatoms. The molecule has 1 fully saturated rings. The highest BCUT2D eigenvalue weighted by Crippen LogP contribution is 2.48. The molecule has 0 radical (unpaired) electrons. The van der Waals surface area contributed by atoms with Crippen LogP contribution in [0, 0.1) is 5.41 Å². The average Bonchev–Trinajstić information content (AvgIpc) is 2.78. The van der Waals surface area contributed by atoms with Crippen molar-refractivity contribution in [3.63, 3.8) is 0 Å². The standard InChI is InChI=1S/C16H20Cl2O3/c1-21-13-9-16(10-19,15(18)14(13)17)8-7-12(20)11-5-3-2-4-6-11/h2-6,13-15,19H,7-10H2,1H3. The topological polar surface area (TPSA) is 46.5 Å². The lowest BCUT2D eigenvalue weighted by Gasteiger charge is -2.30. The minimum atomic E-state index is -0.556. The van der Waals surface area contributed by atoms with Gasteiger partial charge in [-0.05, 0) is 12.8 Å². The molecule has 1 N–H and O–H groups in total. The van der Waals surface area contributed by atoms with Crippen LogP contribution in [0.15, 0.2) is 30.3 Å². The Hall–Kier alpha value is -0.610. The van der Waals surface area contributed by atoms with Crippen molar-refractivity contribution in [1.29, 1.82) is 0 Å². The second-order valence-electron chi connectivity index (χ2n) is 5.63. The second kappa shape index (κ2) is 7.10. The maximum absolute atomic E-state index is 12.2. The van der Waals surface area contributed by atoms with Crippen molar-refractivity contribution in [2.24, 2.45) is 5.41 Å². The van der Waals surface area contributed by atoms with E-state index in [9.17, 15) is 9.90 Å². The molecule has 0 saturated heterocycles. The molecular weight excluding hydrogens is 311 g/mol. The minimum Gasteiger partial charge on any atom is -0.396 e. The molecule has 116 valence electrons. The zero-order chi connectivity index (χ0) is 15.5. The molecule has 0 spiro atoms. The normalized spacial score (nSPS) is 32.3. The van der Waals surface area contributed by atoms with Crippen LogP contribution in [0.5, 0.6) is 0 Å². The van der Waals surface area contributed by atoms with Crippen molar-refractivity contribution in [2.45, 2.75) is 36.1 Å². The molecule has 0 bridgehead atoms.